The molecular formula is C9H15N3S. The van der Waals surface area contributed by atoms with Gasteiger partial charge in [-0.05, 0) is 25.8 Å². The molecule has 3 nitrogen and oxygen atoms in total. The molecule has 2 rings (SSSR count). The Morgan fingerprint density at radius 2 is 2.31 bits per heavy atom. The second-order valence-corrected chi connectivity index (χ2v) is 4.20. The first-order valence-electron chi connectivity index (χ1n) is 4.86. The Kier molecular flexibility index (Phi) is 2.90. The molecule has 0 bridgehead atoms. The molecule has 1 fully saturated rings. The van der Waals surface area contributed by atoms with E-state index < -0.39 is 0 Å². The Hall–Kier alpha value is -0.480. The van der Waals surface area contributed by atoms with Gasteiger partial charge in [0.05, 0.1) is 29.7 Å². The summed E-state index contributed by atoms with van der Waals surface area (Å²) in [6.07, 6.45) is 7.32. The summed E-state index contributed by atoms with van der Waals surface area (Å²) in [7, 11) is 2.02. The van der Waals surface area contributed by atoms with Gasteiger partial charge in [0.2, 0.25) is 0 Å². The Morgan fingerprint density at radius 3 is 2.85 bits per heavy atom. The van der Waals surface area contributed by atoms with Crippen LogP contribution in [0.1, 0.15) is 37.4 Å². The van der Waals surface area contributed by atoms with Gasteiger partial charge in [-0.1, -0.05) is 12.8 Å². The highest BCUT2D eigenvalue weighted by Crippen LogP contribution is 2.34. The Labute approximate surface area is 82.9 Å². The highest BCUT2D eigenvalue weighted by Gasteiger charge is 2.26. The monoisotopic (exact) mass is 197 g/mol. The average Bonchev–Trinajstić information content (AvgIpc) is 2.76. The predicted octanol–water partition coefficient (Wildman–Crippen LogP) is 1.99. The van der Waals surface area contributed by atoms with Crippen LogP contribution in [0.4, 0.5) is 0 Å². The molecular weight excluding hydrogens is 182 g/mol. The van der Waals surface area contributed by atoms with Gasteiger partial charge in [0, 0.05) is 0 Å². The van der Waals surface area contributed by atoms with Crippen molar-refractivity contribution in [1.82, 2.24) is 14.1 Å². The summed E-state index contributed by atoms with van der Waals surface area (Å²) in [5.41, 5.74) is 1.12. The minimum absolute atomic E-state index is 0.432. The van der Waals surface area contributed by atoms with E-state index in [2.05, 4.69) is 14.1 Å². The van der Waals surface area contributed by atoms with Crippen molar-refractivity contribution in [1.29, 1.82) is 0 Å². The fourth-order valence-corrected chi connectivity index (χ4v) is 2.68. The molecule has 1 aliphatic carbocycles. The van der Waals surface area contributed by atoms with Gasteiger partial charge in [-0.3, -0.25) is 0 Å². The molecule has 0 amide bonds. The lowest BCUT2D eigenvalue weighted by molar-refractivity contribution is 0.384. The first-order valence-corrected chi connectivity index (χ1v) is 5.59. The van der Waals surface area contributed by atoms with E-state index >= 15 is 0 Å². The van der Waals surface area contributed by atoms with Crippen molar-refractivity contribution in [2.24, 2.45) is 5.92 Å². The van der Waals surface area contributed by atoms with Crippen LogP contribution < -0.4 is 5.32 Å². The summed E-state index contributed by atoms with van der Waals surface area (Å²) >= 11 is 1.30. The van der Waals surface area contributed by atoms with Crippen molar-refractivity contribution in [2.75, 3.05) is 7.05 Å². The molecule has 0 spiro atoms. The number of aromatic nitrogens is 2. The zero-order valence-electron chi connectivity index (χ0n) is 7.86. The normalized spacial score (nSPS) is 20.7. The van der Waals surface area contributed by atoms with Crippen LogP contribution in [0, 0.1) is 5.92 Å². The fraction of sp³-hybridized carbons (Fsp3) is 0.778. The van der Waals surface area contributed by atoms with Gasteiger partial charge in [-0.2, -0.15) is 8.75 Å². The van der Waals surface area contributed by atoms with Gasteiger partial charge in [0.25, 0.3) is 0 Å². The largest absolute Gasteiger partial charge is 0.311 e. The molecule has 0 aliphatic heterocycles. The molecule has 0 radical (unpaired) electrons. The summed E-state index contributed by atoms with van der Waals surface area (Å²) in [6.45, 7) is 0. The molecule has 13 heavy (non-hydrogen) atoms. The zero-order chi connectivity index (χ0) is 9.10. The summed E-state index contributed by atoms with van der Waals surface area (Å²) in [4.78, 5) is 0. The molecule has 0 saturated heterocycles. The highest BCUT2D eigenvalue weighted by molar-refractivity contribution is 6.99. The van der Waals surface area contributed by atoms with Gasteiger partial charge in [0.1, 0.15) is 0 Å². The van der Waals surface area contributed by atoms with E-state index in [0.29, 0.717) is 6.04 Å². The smallest absolute Gasteiger partial charge is 0.0914 e. The van der Waals surface area contributed by atoms with Crippen molar-refractivity contribution in [2.45, 2.75) is 31.7 Å². The number of nitrogens with one attached hydrogen (secondary N) is 1. The summed E-state index contributed by atoms with van der Waals surface area (Å²) in [6, 6.07) is 0.432. The maximum absolute atomic E-state index is 4.30. The van der Waals surface area contributed by atoms with Crippen LogP contribution in [-0.2, 0) is 0 Å². The third-order valence-corrected chi connectivity index (χ3v) is 3.37. The van der Waals surface area contributed by atoms with Crippen LogP contribution in [0.3, 0.4) is 0 Å². The van der Waals surface area contributed by atoms with Gasteiger partial charge in [-0.15, -0.1) is 0 Å². The van der Waals surface area contributed by atoms with E-state index in [1.807, 2.05) is 13.2 Å². The first kappa shape index (κ1) is 9.09. The maximum atomic E-state index is 4.30. The molecule has 72 valence electrons. The standard InChI is InChI=1S/C9H15N3S/c1-10-9(7-4-2-3-5-7)8-6-11-13-12-8/h6-7,9-10H,2-5H2,1H3. The quantitative estimate of drug-likeness (QED) is 0.805. The lowest BCUT2D eigenvalue weighted by Gasteiger charge is -2.20. The Morgan fingerprint density at radius 1 is 1.54 bits per heavy atom. The molecule has 1 aromatic heterocycles. The fourth-order valence-electron chi connectivity index (χ4n) is 2.22. The van der Waals surface area contributed by atoms with Crippen LogP contribution in [0.5, 0.6) is 0 Å². The van der Waals surface area contributed by atoms with Crippen molar-refractivity contribution in [3.63, 3.8) is 0 Å². The summed E-state index contributed by atoms with van der Waals surface area (Å²) in [5.74, 6) is 0.772. The number of nitrogens with zero attached hydrogens (tertiary/aromatic N) is 2. The number of hydrogen-bond acceptors (Lipinski definition) is 4. The van der Waals surface area contributed by atoms with E-state index in [-0.39, 0.29) is 0 Å². The maximum Gasteiger partial charge on any atom is 0.0914 e. The molecule has 4 heteroatoms. The van der Waals surface area contributed by atoms with E-state index in [1.165, 1.54) is 37.4 Å². The van der Waals surface area contributed by atoms with Crippen molar-refractivity contribution in [3.8, 4) is 0 Å². The molecule has 1 aromatic rings. The van der Waals surface area contributed by atoms with Gasteiger partial charge in [0.15, 0.2) is 0 Å². The molecule has 1 unspecified atom stereocenters. The SMILES string of the molecule is CNC(c1cnsn1)C1CCCC1. The van der Waals surface area contributed by atoms with Crippen molar-refractivity contribution in [3.05, 3.63) is 11.9 Å². The third-order valence-electron chi connectivity index (χ3n) is 2.88. The average molecular weight is 197 g/mol. The molecule has 0 aromatic carbocycles. The first-order chi connectivity index (χ1) is 6.42. The van der Waals surface area contributed by atoms with Crippen LogP contribution >= 0.6 is 11.7 Å². The van der Waals surface area contributed by atoms with E-state index in [0.717, 1.165) is 11.6 Å². The van der Waals surface area contributed by atoms with Crippen LogP contribution in [0.15, 0.2) is 6.20 Å². The van der Waals surface area contributed by atoms with E-state index in [9.17, 15) is 0 Å². The molecule has 1 N–H and O–H groups in total. The minimum Gasteiger partial charge on any atom is -0.311 e. The van der Waals surface area contributed by atoms with E-state index in [1.54, 1.807) is 0 Å². The molecule has 1 aliphatic rings. The topological polar surface area (TPSA) is 37.8 Å². The molecule has 1 saturated carbocycles. The molecule has 1 heterocycles. The van der Waals surface area contributed by atoms with E-state index in [4.69, 9.17) is 0 Å². The number of rotatable bonds is 3. The summed E-state index contributed by atoms with van der Waals surface area (Å²) in [5, 5.41) is 3.35. The second-order valence-electron chi connectivity index (χ2n) is 3.64. The zero-order valence-corrected chi connectivity index (χ0v) is 8.68. The number of hydrogen-bond donors (Lipinski definition) is 1. The third kappa shape index (κ3) is 1.89. The summed E-state index contributed by atoms with van der Waals surface area (Å²) < 4.78 is 8.35. The van der Waals surface area contributed by atoms with Gasteiger partial charge < -0.3 is 5.32 Å². The Bertz CT molecular complexity index is 241. The van der Waals surface area contributed by atoms with Crippen molar-refractivity contribution < 1.29 is 0 Å². The molecule has 1 atom stereocenters. The predicted molar refractivity (Wildman–Crippen MR) is 53.7 cm³/mol. The second kappa shape index (κ2) is 4.15. The van der Waals surface area contributed by atoms with Crippen LogP contribution in [-0.4, -0.2) is 15.8 Å². The van der Waals surface area contributed by atoms with Crippen molar-refractivity contribution >= 4 is 11.7 Å². The Balaban J connectivity index is 2.08. The van der Waals surface area contributed by atoms with Gasteiger partial charge in [-0.25, -0.2) is 0 Å². The van der Waals surface area contributed by atoms with Gasteiger partial charge >= 0.3 is 0 Å². The lowest BCUT2D eigenvalue weighted by atomic mass is 9.96. The van der Waals surface area contributed by atoms with Crippen LogP contribution in [0.2, 0.25) is 0 Å². The van der Waals surface area contributed by atoms with Crippen LogP contribution in [0.25, 0.3) is 0 Å². The lowest BCUT2D eigenvalue weighted by Crippen LogP contribution is -2.23. The highest BCUT2D eigenvalue weighted by atomic mass is 32.1. The minimum atomic E-state index is 0.432.